The van der Waals surface area contributed by atoms with E-state index < -0.39 is 0 Å². The Morgan fingerprint density at radius 1 is 1.22 bits per heavy atom. The molecule has 0 amide bonds. The van der Waals surface area contributed by atoms with Crippen LogP contribution in [0.3, 0.4) is 0 Å². The van der Waals surface area contributed by atoms with E-state index in [0.29, 0.717) is 0 Å². The minimum Gasteiger partial charge on any atom is -0.290 e. The van der Waals surface area contributed by atoms with E-state index in [9.17, 15) is 4.39 Å². The summed E-state index contributed by atoms with van der Waals surface area (Å²) in [7, 11) is 1.90. The van der Waals surface area contributed by atoms with Gasteiger partial charge in [0, 0.05) is 13.2 Å². The van der Waals surface area contributed by atoms with E-state index in [4.69, 9.17) is 0 Å². The molecular weight excluding hydrogens is 289 g/mol. The Kier molecular flexibility index (Phi) is 5.09. The van der Waals surface area contributed by atoms with E-state index in [-0.39, 0.29) is 11.9 Å². The predicted octanol–water partition coefficient (Wildman–Crippen LogP) is 3.01. The van der Waals surface area contributed by atoms with Gasteiger partial charge in [-0.05, 0) is 56.5 Å². The minimum atomic E-state index is -0.179. The maximum Gasteiger partial charge on any atom is 0.123 e. The Labute approximate surface area is 137 Å². The first-order chi connectivity index (χ1) is 11.2. The van der Waals surface area contributed by atoms with Gasteiger partial charge in [0.15, 0.2) is 0 Å². The largest absolute Gasteiger partial charge is 0.290 e. The van der Waals surface area contributed by atoms with Crippen LogP contribution in [-0.4, -0.2) is 33.8 Å². The van der Waals surface area contributed by atoms with Gasteiger partial charge in [-0.3, -0.25) is 9.58 Å². The van der Waals surface area contributed by atoms with E-state index >= 15 is 0 Å². The van der Waals surface area contributed by atoms with Crippen molar-refractivity contribution < 1.29 is 4.39 Å². The fraction of sp³-hybridized carbons (Fsp3) is 0.421. The molecule has 0 N–H and O–H groups in total. The zero-order valence-electron chi connectivity index (χ0n) is 13.5. The molecule has 0 spiro atoms. The normalized spacial score (nSPS) is 16.1. The average molecular weight is 311 g/mol. The number of benzene rings is 1. The number of rotatable bonds is 4. The Balaban J connectivity index is 1.68. The highest BCUT2D eigenvalue weighted by Crippen LogP contribution is 2.16. The molecule has 23 heavy (non-hydrogen) atoms. The van der Waals surface area contributed by atoms with Crippen LogP contribution in [0.2, 0.25) is 0 Å². The van der Waals surface area contributed by atoms with Crippen LogP contribution in [0.25, 0.3) is 0 Å². The second-order valence-electron chi connectivity index (χ2n) is 6.10. The first-order valence-corrected chi connectivity index (χ1v) is 8.19. The van der Waals surface area contributed by atoms with Gasteiger partial charge in [-0.25, -0.2) is 4.39 Å². The molecule has 1 fully saturated rings. The highest BCUT2D eigenvalue weighted by Gasteiger charge is 2.20. The first-order valence-electron chi connectivity index (χ1n) is 8.19. The number of hydrogen-bond donors (Lipinski definition) is 0. The number of nitrogens with zero attached hydrogens (tertiary/aromatic N) is 3. The highest BCUT2D eigenvalue weighted by atomic mass is 19.1. The van der Waals surface area contributed by atoms with Crippen molar-refractivity contribution in [3.8, 4) is 11.8 Å². The van der Waals surface area contributed by atoms with Gasteiger partial charge in [-0.2, -0.15) is 5.10 Å². The van der Waals surface area contributed by atoms with Crippen LogP contribution in [0, 0.1) is 17.7 Å². The van der Waals surface area contributed by atoms with Crippen LogP contribution in [0.1, 0.15) is 30.4 Å². The maximum absolute atomic E-state index is 13.0. The number of aromatic nitrogens is 2. The third-order valence-electron chi connectivity index (χ3n) is 4.29. The third kappa shape index (κ3) is 4.43. The van der Waals surface area contributed by atoms with Crippen molar-refractivity contribution in [2.75, 3.05) is 13.1 Å². The molecule has 0 radical (unpaired) electrons. The van der Waals surface area contributed by atoms with Gasteiger partial charge in [0.1, 0.15) is 5.82 Å². The summed E-state index contributed by atoms with van der Waals surface area (Å²) in [5.41, 5.74) is 2.12. The van der Waals surface area contributed by atoms with Gasteiger partial charge in [-0.15, -0.1) is 0 Å². The summed E-state index contributed by atoms with van der Waals surface area (Å²) in [6, 6.07) is 7.04. The lowest BCUT2D eigenvalue weighted by atomic mass is 10.0. The van der Waals surface area contributed by atoms with E-state index in [1.54, 1.807) is 10.9 Å². The van der Waals surface area contributed by atoms with Crippen molar-refractivity contribution in [3.05, 3.63) is 53.6 Å². The fourth-order valence-corrected chi connectivity index (χ4v) is 3.01. The molecule has 1 unspecified atom stereocenters. The predicted molar refractivity (Wildman–Crippen MR) is 89.4 cm³/mol. The summed E-state index contributed by atoms with van der Waals surface area (Å²) in [4.78, 5) is 2.47. The lowest BCUT2D eigenvalue weighted by molar-refractivity contribution is 0.280. The average Bonchev–Trinajstić information content (AvgIpc) is 3.21. The van der Waals surface area contributed by atoms with Gasteiger partial charge in [0.2, 0.25) is 0 Å². The van der Waals surface area contributed by atoms with Gasteiger partial charge < -0.3 is 0 Å². The van der Waals surface area contributed by atoms with Crippen molar-refractivity contribution in [1.29, 1.82) is 0 Å². The number of aryl methyl sites for hydroxylation is 2. The SMILES string of the molecule is Cn1cc(C#CC(CCc2ccc(F)cc2)N2CCCC2)cn1. The van der Waals surface area contributed by atoms with E-state index in [2.05, 4.69) is 21.8 Å². The molecule has 1 saturated heterocycles. The summed E-state index contributed by atoms with van der Waals surface area (Å²) < 4.78 is 14.8. The minimum absolute atomic E-state index is 0.179. The Morgan fingerprint density at radius 3 is 2.61 bits per heavy atom. The van der Waals surface area contributed by atoms with Gasteiger partial charge in [-0.1, -0.05) is 24.0 Å². The van der Waals surface area contributed by atoms with E-state index in [1.165, 1.54) is 30.5 Å². The smallest absolute Gasteiger partial charge is 0.123 e. The van der Waals surface area contributed by atoms with Crippen molar-refractivity contribution >= 4 is 0 Å². The van der Waals surface area contributed by atoms with Crippen molar-refractivity contribution in [1.82, 2.24) is 14.7 Å². The quantitative estimate of drug-likeness (QED) is 0.809. The molecule has 1 aliphatic heterocycles. The van der Waals surface area contributed by atoms with Crippen LogP contribution in [-0.2, 0) is 13.5 Å². The Morgan fingerprint density at radius 2 is 1.96 bits per heavy atom. The summed E-state index contributed by atoms with van der Waals surface area (Å²) in [5.74, 6) is 6.49. The molecule has 2 heterocycles. The van der Waals surface area contributed by atoms with Crippen molar-refractivity contribution in [2.45, 2.75) is 31.7 Å². The summed E-state index contributed by atoms with van der Waals surface area (Å²) in [6.45, 7) is 2.24. The van der Waals surface area contributed by atoms with Crippen molar-refractivity contribution in [2.24, 2.45) is 7.05 Å². The van der Waals surface area contributed by atoms with Crippen LogP contribution in [0.4, 0.5) is 4.39 Å². The third-order valence-corrected chi connectivity index (χ3v) is 4.29. The summed E-state index contributed by atoms with van der Waals surface area (Å²) in [6.07, 6.45) is 8.13. The molecule has 0 aliphatic carbocycles. The molecule has 3 nitrogen and oxygen atoms in total. The van der Waals surface area contributed by atoms with Gasteiger partial charge in [0.05, 0.1) is 17.8 Å². The number of likely N-dealkylation sites (tertiary alicyclic amines) is 1. The Bertz CT molecular complexity index is 687. The van der Waals surface area contributed by atoms with Crippen LogP contribution >= 0.6 is 0 Å². The number of halogens is 1. The lowest BCUT2D eigenvalue weighted by Gasteiger charge is -2.22. The molecular formula is C19H22FN3. The lowest BCUT2D eigenvalue weighted by Crippen LogP contribution is -2.32. The molecule has 2 aromatic rings. The molecule has 1 atom stereocenters. The molecule has 1 aromatic carbocycles. The molecule has 0 bridgehead atoms. The molecule has 1 aromatic heterocycles. The summed E-state index contributed by atoms with van der Waals surface area (Å²) in [5, 5.41) is 4.16. The molecule has 4 heteroatoms. The highest BCUT2D eigenvalue weighted by molar-refractivity contribution is 5.31. The van der Waals surface area contributed by atoms with Gasteiger partial charge >= 0.3 is 0 Å². The van der Waals surface area contributed by atoms with Gasteiger partial charge in [0.25, 0.3) is 0 Å². The fourth-order valence-electron chi connectivity index (χ4n) is 3.01. The van der Waals surface area contributed by atoms with Crippen LogP contribution < -0.4 is 0 Å². The molecule has 0 saturated carbocycles. The van der Waals surface area contributed by atoms with Crippen LogP contribution in [0.5, 0.6) is 0 Å². The zero-order valence-corrected chi connectivity index (χ0v) is 13.5. The maximum atomic E-state index is 13.0. The number of hydrogen-bond acceptors (Lipinski definition) is 2. The second kappa shape index (κ2) is 7.43. The summed E-state index contributed by atoms with van der Waals surface area (Å²) >= 11 is 0. The molecule has 120 valence electrons. The van der Waals surface area contributed by atoms with Crippen molar-refractivity contribution in [3.63, 3.8) is 0 Å². The molecule has 3 rings (SSSR count). The monoisotopic (exact) mass is 311 g/mol. The standard InChI is InChI=1S/C19H22FN3/c1-22-15-17(14-21-22)7-11-19(23-12-2-3-13-23)10-6-16-4-8-18(20)9-5-16/h4-5,8-9,14-15,19H,2-3,6,10,12-13H2,1H3. The molecule has 1 aliphatic rings. The zero-order chi connectivity index (χ0) is 16.1. The second-order valence-corrected chi connectivity index (χ2v) is 6.10. The van der Waals surface area contributed by atoms with E-state index in [0.717, 1.165) is 31.5 Å². The Hall–Kier alpha value is -2.12. The van der Waals surface area contributed by atoms with Crippen LogP contribution in [0.15, 0.2) is 36.7 Å². The van der Waals surface area contributed by atoms with E-state index in [1.807, 2.05) is 25.4 Å². The topological polar surface area (TPSA) is 21.1 Å². The first kappa shape index (κ1) is 15.8.